The van der Waals surface area contributed by atoms with Gasteiger partial charge in [0.2, 0.25) is 0 Å². The molecule has 9 nitrogen and oxygen atoms in total. The average molecular weight is 422 g/mol. The minimum atomic E-state index is -1.17. The highest BCUT2D eigenvalue weighted by Gasteiger charge is 2.52. The lowest BCUT2D eigenvalue weighted by molar-refractivity contribution is -0.254. The first kappa shape index (κ1) is 23.3. The molecule has 0 amide bonds. The molecule has 1 saturated heterocycles. The molecule has 1 aliphatic heterocycles. The average Bonchev–Trinajstić information content (AvgIpc) is 2.63. The summed E-state index contributed by atoms with van der Waals surface area (Å²) in [6.45, 7) is 6.42. The zero-order valence-corrected chi connectivity index (χ0v) is 17.6. The Kier molecular flexibility index (Phi) is 7.93. The van der Waals surface area contributed by atoms with Crippen molar-refractivity contribution < 1.29 is 42.9 Å². The Balaban J connectivity index is 2.55. The van der Waals surface area contributed by atoms with E-state index in [0.717, 1.165) is 5.56 Å². The van der Waals surface area contributed by atoms with Crippen LogP contribution in [0.1, 0.15) is 44.9 Å². The van der Waals surface area contributed by atoms with Gasteiger partial charge in [0, 0.05) is 27.7 Å². The summed E-state index contributed by atoms with van der Waals surface area (Å²) in [7, 11) is 0. The van der Waals surface area contributed by atoms with E-state index in [1.165, 1.54) is 27.7 Å². The molecule has 0 unspecified atom stereocenters. The monoisotopic (exact) mass is 422 g/mol. The first-order valence-corrected chi connectivity index (χ1v) is 9.46. The molecule has 2 rings (SSSR count). The summed E-state index contributed by atoms with van der Waals surface area (Å²) in [4.78, 5) is 46.7. The molecule has 0 saturated carbocycles. The van der Waals surface area contributed by atoms with Crippen molar-refractivity contribution in [1.82, 2.24) is 0 Å². The van der Waals surface area contributed by atoms with Crippen molar-refractivity contribution in [1.29, 1.82) is 0 Å². The van der Waals surface area contributed by atoms with Gasteiger partial charge < -0.3 is 23.7 Å². The topological polar surface area (TPSA) is 114 Å². The van der Waals surface area contributed by atoms with Gasteiger partial charge in [-0.05, 0) is 18.1 Å². The Labute approximate surface area is 174 Å². The van der Waals surface area contributed by atoms with E-state index in [2.05, 4.69) is 0 Å². The number of hydrogen-bond donors (Lipinski definition) is 0. The van der Waals surface area contributed by atoms with Crippen LogP contribution in [-0.2, 0) is 42.9 Å². The first-order chi connectivity index (χ1) is 14.1. The Morgan fingerprint density at radius 1 is 0.800 bits per heavy atom. The smallest absolute Gasteiger partial charge is 0.303 e. The van der Waals surface area contributed by atoms with E-state index >= 15 is 0 Å². The van der Waals surface area contributed by atoms with E-state index in [-0.39, 0.29) is 6.61 Å². The minimum Gasteiger partial charge on any atom is -0.463 e. The van der Waals surface area contributed by atoms with Crippen molar-refractivity contribution in [2.45, 2.75) is 65.1 Å². The lowest BCUT2D eigenvalue weighted by Crippen LogP contribution is -2.59. The lowest BCUT2D eigenvalue weighted by Gasteiger charge is -2.44. The molecule has 1 aromatic rings. The van der Waals surface area contributed by atoms with E-state index in [1.807, 2.05) is 19.1 Å². The van der Waals surface area contributed by atoms with Crippen LogP contribution in [0.2, 0.25) is 0 Å². The van der Waals surface area contributed by atoms with E-state index in [1.54, 1.807) is 12.1 Å². The van der Waals surface area contributed by atoms with Crippen molar-refractivity contribution in [3.8, 4) is 0 Å². The molecular formula is C21H26O9. The van der Waals surface area contributed by atoms with Crippen molar-refractivity contribution in [3.05, 3.63) is 35.4 Å². The van der Waals surface area contributed by atoms with E-state index < -0.39 is 54.4 Å². The van der Waals surface area contributed by atoms with Gasteiger partial charge >= 0.3 is 23.9 Å². The lowest BCUT2D eigenvalue weighted by atomic mass is 9.89. The van der Waals surface area contributed by atoms with Crippen LogP contribution in [0.4, 0.5) is 0 Å². The third-order valence-electron chi connectivity index (χ3n) is 4.49. The van der Waals surface area contributed by atoms with E-state index in [9.17, 15) is 19.2 Å². The van der Waals surface area contributed by atoms with Gasteiger partial charge in [0.05, 0.1) is 0 Å². The fraction of sp³-hybridized carbons (Fsp3) is 0.524. The zero-order valence-electron chi connectivity index (χ0n) is 17.6. The van der Waals surface area contributed by atoms with Crippen molar-refractivity contribution >= 4 is 23.9 Å². The van der Waals surface area contributed by atoms with Gasteiger partial charge in [0.25, 0.3) is 0 Å². The molecule has 1 aromatic carbocycles. The third kappa shape index (κ3) is 6.03. The summed E-state index contributed by atoms with van der Waals surface area (Å²) in [6, 6.07) is 7.26. The summed E-state index contributed by atoms with van der Waals surface area (Å²) in [6.07, 6.45) is -5.24. The number of carbonyl (C=O) groups is 4. The van der Waals surface area contributed by atoms with Crippen molar-refractivity contribution in [3.63, 3.8) is 0 Å². The van der Waals surface area contributed by atoms with Crippen LogP contribution in [0, 0.1) is 6.92 Å². The maximum Gasteiger partial charge on any atom is 0.303 e. The number of aryl methyl sites for hydroxylation is 1. The second-order valence-corrected chi connectivity index (χ2v) is 6.98. The first-order valence-electron chi connectivity index (χ1n) is 9.46. The van der Waals surface area contributed by atoms with Gasteiger partial charge in [0.15, 0.2) is 18.3 Å². The molecule has 0 radical (unpaired) electrons. The predicted molar refractivity (Wildman–Crippen MR) is 102 cm³/mol. The molecule has 9 heteroatoms. The number of carbonyl (C=O) groups excluding carboxylic acids is 4. The van der Waals surface area contributed by atoms with Gasteiger partial charge in [-0.25, -0.2) is 0 Å². The Morgan fingerprint density at radius 3 is 1.87 bits per heavy atom. The van der Waals surface area contributed by atoms with Crippen LogP contribution in [-0.4, -0.2) is 54.9 Å². The molecule has 0 aromatic heterocycles. The molecule has 5 atom stereocenters. The Hall–Kier alpha value is -2.94. The summed E-state index contributed by atoms with van der Waals surface area (Å²) < 4.78 is 27.5. The normalized spacial score (nSPS) is 25.7. The van der Waals surface area contributed by atoms with Crippen LogP contribution in [0.15, 0.2) is 24.3 Å². The molecule has 0 N–H and O–H groups in total. The predicted octanol–water partition coefficient (Wildman–Crippen LogP) is 1.79. The quantitative estimate of drug-likeness (QED) is 0.500. The van der Waals surface area contributed by atoms with Crippen LogP contribution < -0.4 is 0 Å². The fourth-order valence-electron chi connectivity index (χ4n) is 3.38. The minimum absolute atomic E-state index is 0.250. The van der Waals surface area contributed by atoms with Crippen LogP contribution in [0.3, 0.4) is 0 Å². The number of hydrogen-bond acceptors (Lipinski definition) is 9. The summed E-state index contributed by atoms with van der Waals surface area (Å²) in [5.74, 6) is -2.51. The molecule has 0 bridgehead atoms. The highest BCUT2D eigenvalue weighted by atomic mass is 16.7. The third-order valence-corrected chi connectivity index (χ3v) is 4.49. The van der Waals surface area contributed by atoms with Crippen LogP contribution in [0.5, 0.6) is 0 Å². The highest BCUT2D eigenvalue weighted by molar-refractivity contribution is 5.68. The largest absolute Gasteiger partial charge is 0.463 e. The Bertz CT molecular complexity index is 803. The zero-order chi connectivity index (χ0) is 22.4. The maximum atomic E-state index is 11.8. The van der Waals surface area contributed by atoms with Gasteiger partial charge in [-0.15, -0.1) is 0 Å². The SMILES string of the molecule is CC(=O)OC[C@H]1O[C@@H](c2ccccc2C)[C@H](OC(C)=O)[C@@H](OC(C)=O)[C@@H]1OC(C)=O. The second-order valence-electron chi connectivity index (χ2n) is 6.98. The van der Waals surface area contributed by atoms with E-state index in [4.69, 9.17) is 23.7 Å². The molecule has 164 valence electrons. The van der Waals surface area contributed by atoms with E-state index in [0.29, 0.717) is 5.56 Å². The van der Waals surface area contributed by atoms with Crippen LogP contribution >= 0.6 is 0 Å². The Morgan fingerprint density at radius 2 is 1.33 bits per heavy atom. The standard InChI is InChI=1S/C21H26O9/c1-11-8-6-7-9-16(11)18-20(28-14(4)24)21(29-15(5)25)19(27-13(3)23)17(30-18)10-26-12(2)22/h6-9,17-21H,10H2,1-5H3/t17-,18+,19-,20+,21+/m1/s1. The fourth-order valence-corrected chi connectivity index (χ4v) is 3.38. The number of benzene rings is 1. The molecular weight excluding hydrogens is 396 g/mol. The maximum absolute atomic E-state index is 11.8. The van der Waals surface area contributed by atoms with Gasteiger partial charge in [-0.1, -0.05) is 24.3 Å². The van der Waals surface area contributed by atoms with Gasteiger partial charge in [-0.2, -0.15) is 0 Å². The molecule has 0 aliphatic carbocycles. The number of ether oxygens (including phenoxy) is 5. The summed E-state index contributed by atoms with van der Waals surface area (Å²) >= 11 is 0. The summed E-state index contributed by atoms with van der Waals surface area (Å²) in [5.41, 5.74) is 1.54. The van der Waals surface area contributed by atoms with Crippen molar-refractivity contribution in [2.24, 2.45) is 0 Å². The number of rotatable bonds is 6. The van der Waals surface area contributed by atoms with Gasteiger partial charge in [0.1, 0.15) is 18.8 Å². The van der Waals surface area contributed by atoms with Crippen LogP contribution in [0.25, 0.3) is 0 Å². The van der Waals surface area contributed by atoms with Gasteiger partial charge in [-0.3, -0.25) is 19.2 Å². The second kappa shape index (κ2) is 10.2. The summed E-state index contributed by atoms with van der Waals surface area (Å²) in [5, 5.41) is 0. The highest BCUT2D eigenvalue weighted by Crippen LogP contribution is 2.38. The molecule has 1 heterocycles. The molecule has 1 fully saturated rings. The number of esters is 4. The molecule has 0 spiro atoms. The van der Waals surface area contributed by atoms with Crippen molar-refractivity contribution in [2.75, 3.05) is 6.61 Å². The molecule has 30 heavy (non-hydrogen) atoms. The molecule has 1 aliphatic rings.